The Kier molecular flexibility index (Phi) is 4.31. The van der Waals surface area contributed by atoms with Gasteiger partial charge in [0.25, 0.3) is 5.91 Å². The van der Waals surface area contributed by atoms with E-state index in [0.717, 1.165) is 11.1 Å². The summed E-state index contributed by atoms with van der Waals surface area (Å²) in [6.45, 7) is 3.79. The summed E-state index contributed by atoms with van der Waals surface area (Å²) >= 11 is 0. The van der Waals surface area contributed by atoms with Crippen molar-refractivity contribution in [1.82, 2.24) is 5.32 Å². The van der Waals surface area contributed by atoms with Crippen molar-refractivity contribution in [3.63, 3.8) is 0 Å². The summed E-state index contributed by atoms with van der Waals surface area (Å²) in [6, 6.07) is 14.6. The van der Waals surface area contributed by atoms with Gasteiger partial charge < -0.3 is 5.32 Å². The van der Waals surface area contributed by atoms with Crippen LogP contribution in [-0.2, 0) is 0 Å². The summed E-state index contributed by atoms with van der Waals surface area (Å²) in [4.78, 5) is 24.1. The van der Waals surface area contributed by atoms with Crippen LogP contribution in [0.5, 0.6) is 0 Å². The number of carbonyl (C=O) groups excluding carboxylic acids is 2. The third-order valence-corrected chi connectivity index (χ3v) is 3.21. The largest absolute Gasteiger partial charge is 0.345 e. The molecule has 0 radical (unpaired) electrons. The van der Waals surface area contributed by atoms with Crippen LogP contribution >= 0.6 is 0 Å². The normalized spacial score (nSPS) is 10.1. The van der Waals surface area contributed by atoms with Crippen molar-refractivity contribution in [3.8, 4) is 0 Å². The fraction of sp³-hybridized carbons (Fsp3) is 0.176. The zero-order valence-electron chi connectivity index (χ0n) is 11.6. The first-order valence-electron chi connectivity index (χ1n) is 6.52. The molecule has 20 heavy (non-hydrogen) atoms. The predicted molar refractivity (Wildman–Crippen MR) is 79.0 cm³/mol. The van der Waals surface area contributed by atoms with Crippen molar-refractivity contribution in [2.24, 2.45) is 0 Å². The molecule has 0 atom stereocenters. The molecule has 3 heteroatoms. The van der Waals surface area contributed by atoms with Crippen molar-refractivity contribution >= 4 is 11.7 Å². The van der Waals surface area contributed by atoms with Gasteiger partial charge in [0, 0.05) is 11.1 Å². The summed E-state index contributed by atoms with van der Waals surface area (Å²) in [6.07, 6.45) is 0. The second-order valence-electron chi connectivity index (χ2n) is 4.74. The Morgan fingerprint density at radius 2 is 1.50 bits per heavy atom. The van der Waals surface area contributed by atoms with Crippen molar-refractivity contribution in [1.29, 1.82) is 0 Å². The third-order valence-electron chi connectivity index (χ3n) is 3.21. The number of Topliss-reactive ketones (excluding diaryl/α,β-unsaturated/α-hetero) is 1. The molecule has 102 valence electrons. The number of carbonyl (C=O) groups is 2. The second kappa shape index (κ2) is 6.15. The van der Waals surface area contributed by atoms with E-state index in [1.54, 1.807) is 24.3 Å². The summed E-state index contributed by atoms with van der Waals surface area (Å²) in [5, 5.41) is 2.69. The molecular formula is C17H17NO2. The predicted octanol–water partition coefficient (Wildman–Crippen LogP) is 2.92. The number of rotatable bonds is 4. The van der Waals surface area contributed by atoms with Crippen molar-refractivity contribution in [2.75, 3.05) is 6.54 Å². The molecule has 0 aromatic heterocycles. The van der Waals surface area contributed by atoms with Crippen LogP contribution in [0.1, 0.15) is 31.8 Å². The molecule has 0 spiro atoms. The molecule has 0 aliphatic carbocycles. The SMILES string of the molecule is Cc1cccc(C)c1C(=O)NCC(=O)c1ccccc1. The molecule has 2 aromatic carbocycles. The molecule has 0 bridgehead atoms. The second-order valence-corrected chi connectivity index (χ2v) is 4.74. The van der Waals surface area contributed by atoms with Crippen LogP contribution < -0.4 is 5.32 Å². The zero-order chi connectivity index (χ0) is 14.5. The van der Waals surface area contributed by atoms with Crippen molar-refractivity contribution in [2.45, 2.75) is 13.8 Å². The lowest BCUT2D eigenvalue weighted by molar-refractivity contribution is 0.0903. The lowest BCUT2D eigenvalue weighted by atomic mass is 10.0. The van der Waals surface area contributed by atoms with Crippen LogP contribution in [0, 0.1) is 13.8 Å². The summed E-state index contributed by atoms with van der Waals surface area (Å²) < 4.78 is 0. The highest BCUT2D eigenvalue weighted by molar-refractivity contribution is 6.03. The van der Waals surface area contributed by atoms with Gasteiger partial charge in [-0.25, -0.2) is 0 Å². The van der Waals surface area contributed by atoms with E-state index in [9.17, 15) is 9.59 Å². The Morgan fingerprint density at radius 1 is 0.900 bits per heavy atom. The molecule has 2 rings (SSSR count). The summed E-state index contributed by atoms with van der Waals surface area (Å²) in [5.41, 5.74) is 3.08. The zero-order valence-corrected chi connectivity index (χ0v) is 11.6. The molecule has 1 amide bonds. The Bertz CT molecular complexity index is 612. The lowest BCUT2D eigenvalue weighted by Crippen LogP contribution is -2.30. The maximum atomic E-state index is 12.2. The van der Waals surface area contributed by atoms with E-state index in [1.807, 2.05) is 38.1 Å². The fourth-order valence-electron chi connectivity index (χ4n) is 2.15. The van der Waals surface area contributed by atoms with E-state index < -0.39 is 0 Å². The van der Waals surface area contributed by atoms with E-state index in [-0.39, 0.29) is 18.2 Å². The maximum Gasteiger partial charge on any atom is 0.252 e. The fourth-order valence-corrected chi connectivity index (χ4v) is 2.15. The van der Waals surface area contributed by atoms with Crippen LogP contribution in [-0.4, -0.2) is 18.2 Å². The van der Waals surface area contributed by atoms with Crippen molar-refractivity contribution < 1.29 is 9.59 Å². The molecule has 0 heterocycles. The Morgan fingerprint density at radius 3 is 2.10 bits per heavy atom. The summed E-state index contributed by atoms with van der Waals surface area (Å²) in [5.74, 6) is -0.296. The maximum absolute atomic E-state index is 12.2. The molecule has 2 aromatic rings. The number of aryl methyl sites for hydroxylation is 2. The first-order chi connectivity index (χ1) is 9.59. The Balaban J connectivity index is 2.05. The van der Waals surface area contributed by atoms with E-state index in [1.165, 1.54) is 0 Å². The van der Waals surface area contributed by atoms with Crippen LogP contribution in [0.4, 0.5) is 0 Å². The van der Waals surface area contributed by atoms with Crippen LogP contribution in [0.25, 0.3) is 0 Å². The first kappa shape index (κ1) is 14.0. The average Bonchev–Trinajstić information content (AvgIpc) is 2.45. The third kappa shape index (κ3) is 3.12. The Hall–Kier alpha value is -2.42. The highest BCUT2D eigenvalue weighted by Crippen LogP contribution is 2.12. The van der Waals surface area contributed by atoms with E-state index >= 15 is 0 Å². The van der Waals surface area contributed by atoms with Crippen LogP contribution in [0.3, 0.4) is 0 Å². The molecule has 0 aliphatic rings. The molecule has 3 nitrogen and oxygen atoms in total. The highest BCUT2D eigenvalue weighted by Gasteiger charge is 2.13. The lowest BCUT2D eigenvalue weighted by Gasteiger charge is -2.10. The van der Waals surface area contributed by atoms with Gasteiger partial charge in [-0.3, -0.25) is 9.59 Å². The van der Waals surface area contributed by atoms with Gasteiger partial charge in [0.15, 0.2) is 5.78 Å². The number of ketones is 1. The monoisotopic (exact) mass is 267 g/mol. The van der Waals surface area contributed by atoms with E-state index in [4.69, 9.17) is 0 Å². The molecule has 0 saturated carbocycles. The van der Waals surface area contributed by atoms with Crippen LogP contribution in [0.2, 0.25) is 0 Å². The van der Waals surface area contributed by atoms with Crippen molar-refractivity contribution in [3.05, 3.63) is 70.8 Å². The molecule has 0 fully saturated rings. The Labute approximate surface area is 118 Å². The number of amides is 1. The van der Waals surface area contributed by atoms with Gasteiger partial charge >= 0.3 is 0 Å². The number of benzene rings is 2. The molecule has 0 aliphatic heterocycles. The molecule has 0 unspecified atom stereocenters. The van der Waals surface area contributed by atoms with Gasteiger partial charge in [0.2, 0.25) is 0 Å². The van der Waals surface area contributed by atoms with Gasteiger partial charge in [-0.1, -0.05) is 48.5 Å². The minimum absolute atomic E-state index is 0.0105. The van der Waals surface area contributed by atoms with Gasteiger partial charge in [-0.2, -0.15) is 0 Å². The molecule has 1 N–H and O–H groups in total. The molecular weight excluding hydrogens is 250 g/mol. The molecule has 0 saturated heterocycles. The smallest absolute Gasteiger partial charge is 0.252 e. The number of hydrogen-bond donors (Lipinski definition) is 1. The van der Waals surface area contributed by atoms with Gasteiger partial charge in [-0.15, -0.1) is 0 Å². The highest BCUT2D eigenvalue weighted by atomic mass is 16.2. The van der Waals surface area contributed by atoms with E-state index in [2.05, 4.69) is 5.32 Å². The minimum Gasteiger partial charge on any atom is -0.345 e. The average molecular weight is 267 g/mol. The minimum atomic E-state index is -0.204. The van der Waals surface area contributed by atoms with Crippen LogP contribution in [0.15, 0.2) is 48.5 Å². The summed E-state index contributed by atoms with van der Waals surface area (Å²) in [7, 11) is 0. The first-order valence-corrected chi connectivity index (χ1v) is 6.52. The number of hydrogen-bond acceptors (Lipinski definition) is 2. The van der Waals surface area contributed by atoms with Gasteiger partial charge in [0.05, 0.1) is 6.54 Å². The quantitative estimate of drug-likeness (QED) is 0.866. The standard InChI is InChI=1S/C17H17NO2/c1-12-7-6-8-13(2)16(12)17(20)18-11-15(19)14-9-4-3-5-10-14/h3-10H,11H2,1-2H3,(H,18,20). The number of nitrogens with one attached hydrogen (secondary N) is 1. The topological polar surface area (TPSA) is 46.2 Å². The van der Waals surface area contributed by atoms with E-state index in [0.29, 0.717) is 11.1 Å². The van der Waals surface area contributed by atoms with Gasteiger partial charge in [-0.05, 0) is 25.0 Å². The van der Waals surface area contributed by atoms with Gasteiger partial charge in [0.1, 0.15) is 0 Å².